The zero-order chi connectivity index (χ0) is 17.1. The molecule has 0 saturated carbocycles. The summed E-state index contributed by atoms with van der Waals surface area (Å²) in [7, 11) is 1.48. The zero-order valence-electron chi connectivity index (χ0n) is 12.9. The van der Waals surface area contributed by atoms with E-state index in [1.807, 2.05) is 0 Å². The molecule has 2 heterocycles. The zero-order valence-corrected chi connectivity index (χ0v) is 13.7. The summed E-state index contributed by atoms with van der Waals surface area (Å²) in [6.45, 7) is 0.895. The normalized spacial score (nSPS) is 17.0. The second-order valence-electron chi connectivity index (χ2n) is 5.27. The summed E-state index contributed by atoms with van der Waals surface area (Å²) in [6, 6.07) is 3.73. The largest absolute Gasteiger partial charge is 0.477 e. The molecule has 3 rings (SSSR count). The van der Waals surface area contributed by atoms with Gasteiger partial charge in [-0.15, -0.1) is 0 Å². The summed E-state index contributed by atoms with van der Waals surface area (Å²) in [5.41, 5.74) is 0.274. The molecule has 0 bridgehead atoms. The van der Waals surface area contributed by atoms with Crippen molar-refractivity contribution >= 4 is 17.5 Å². The summed E-state index contributed by atoms with van der Waals surface area (Å²) in [6.07, 6.45) is 3.43. The van der Waals surface area contributed by atoms with E-state index in [0.29, 0.717) is 31.3 Å². The molecule has 1 atom stereocenters. The van der Waals surface area contributed by atoms with E-state index in [4.69, 9.17) is 21.1 Å². The van der Waals surface area contributed by atoms with Crippen molar-refractivity contribution in [2.75, 3.05) is 20.2 Å². The Morgan fingerprint density at radius 1 is 1.33 bits per heavy atom. The predicted octanol–water partition coefficient (Wildman–Crippen LogP) is 2.57. The van der Waals surface area contributed by atoms with Crippen LogP contribution in [0.25, 0.3) is 0 Å². The van der Waals surface area contributed by atoms with Crippen molar-refractivity contribution in [1.29, 1.82) is 0 Å². The molecule has 0 N–H and O–H groups in total. The lowest BCUT2D eigenvalue weighted by molar-refractivity contribution is 0.0770. The number of aromatic nitrogens is 2. The van der Waals surface area contributed by atoms with Crippen LogP contribution in [0.3, 0.4) is 0 Å². The first-order valence-electron chi connectivity index (χ1n) is 7.34. The Morgan fingerprint density at radius 2 is 2.08 bits per heavy atom. The minimum absolute atomic E-state index is 0.0972. The quantitative estimate of drug-likeness (QED) is 0.847. The number of nitrogens with zero attached hydrogens (tertiary/aromatic N) is 3. The molecule has 0 aliphatic carbocycles. The number of hydrogen-bond donors (Lipinski definition) is 0. The van der Waals surface area contributed by atoms with Gasteiger partial charge in [-0.25, -0.2) is 14.4 Å². The van der Waals surface area contributed by atoms with E-state index in [1.54, 1.807) is 4.90 Å². The topological polar surface area (TPSA) is 64.6 Å². The van der Waals surface area contributed by atoms with E-state index in [9.17, 15) is 9.18 Å². The summed E-state index contributed by atoms with van der Waals surface area (Å²) in [4.78, 5) is 22.2. The molecule has 6 nitrogen and oxygen atoms in total. The highest BCUT2D eigenvalue weighted by Crippen LogP contribution is 2.26. The second kappa shape index (κ2) is 7.00. The van der Waals surface area contributed by atoms with Crippen LogP contribution in [0.1, 0.15) is 16.8 Å². The van der Waals surface area contributed by atoms with Crippen molar-refractivity contribution in [2.24, 2.45) is 0 Å². The van der Waals surface area contributed by atoms with E-state index >= 15 is 0 Å². The average Bonchev–Trinajstić information content (AvgIpc) is 3.03. The van der Waals surface area contributed by atoms with Gasteiger partial charge in [0.15, 0.2) is 0 Å². The van der Waals surface area contributed by atoms with E-state index in [0.717, 1.165) is 6.07 Å². The van der Waals surface area contributed by atoms with Gasteiger partial charge in [-0.05, 0) is 18.2 Å². The molecule has 1 aromatic heterocycles. The fraction of sp³-hybridized carbons (Fsp3) is 0.312. The van der Waals surface area contributed by atoms with Gasteiger partial charge < -0.3 is 14.4 Å². The molecule has 1 saturated heterocycles. The number of hydrogen-bond acceptors (Lipinski definition) is 5. The number of carbonyl (C=O) groups excluding carboxylic acids is 1. The van der Waals surface area contributed by atoms with Gasteiger partial charge in [0.1, 0.15) is 11.9 Å². The molecule has 1 fully saturated rings. The standard InChI is InChI=1S/C16H15ClFN3O3/c1-23-14-15(20-6-5-19-14)24-11-4-7-21(9-11)16(22)12-3-2-10(18)8-13(12)17/h2-3,5-6,8,11H,4,7,9H2,1H3/t11-/m0/s1. The maximum Gasteiger partial charge on any atom is 0.278 e. The number of halogens is 2. The van der Waals surface area contributed by atoms with Gasteiger partial charge in [0.2, 0.25) is 0 Å². The molecule has 1 aromatic carbocycles. The van der Waals surface area contributed by atoms with Crippen LogP contribution in [0.5, 0.6) is 11.8 Å². The summed E-state index contributed by atoms with van der Waals surface area (Å²) < 4.78 is 24.0. The summed E-state index contributed by atoms with van der Waals surface area (Å²) >= 11 is 5.95. The fourth-order valence-corrected chi connectivity index (χ4v) is 2.78. The Hall–Kier alpha value is -2.41. The van der Waals surface area contributed by atoms with E-state index in [2.05, 4.69) is 9.97 Å². The lowest BCUT2D eigenvalue weighted by Gasteiger charge is -2.18. The Balaban J connectivity index is 1.68. The summed E-state index contributed by atoms with van der Waals surface area (Å²) in [5.74, 6) is -0.144. The monoisotopic (exact) mass is 351 g/mol. The van der Waals surface area contributed by atoms with Crippen LogP contribution >= 0.6 is 11.6 Å². The second-order valence-corrected chi connectivity index (χ2v) is 5.68. The number of ether oxygens (including phenoxy) is 2. The van der Waals surface area contributed by atoms with Crippen molar-refractivity contribution < 1.29 is 18.7 Å². The Kier molecular flexibility index (Phi) is 4.80. The van der Waals surface area contributed by atoms with E-state index in [1.165, 1.54) is 31.6 Å². The number of likely N-dealkylation sites (tertiary alicyclic amines) is 1. The Labute approximate surface area is 143 Å². The van der Waals surface area contributed by atoms with Crippen LogP contribution in [0.4, 0.5) is 4.39 Å². The van der Waals surface area contributed by atoms with Gasteiger partial charge in [0, 0.05) is 25.4 Å². The minimum atomic E-state index is -0.478. The third kappa shape index (κ3) is 3.41. The minimum Gasteiger partial charge on any atom is -0.477 e. The average molecular weight is 352 g/mol. The van der Waals surface area contributed by atoms with Gasteiger partial charge in [-0.1, -0.05) is 11.6 Å². The molecule has 126 valence electrons. The lowest BCUT2D eigenvalue weighted by Crippen LogP contribution is -2.31. The van der Waals surface area contributed by atoms with E-state index in [-0.39, 0.29) is 22.6 Å². The molecular formula is C16H15ClFN3O3. The van der Waals surface area contributed by atoms with Gasteiger partial charge in [-0.2, -0.15) is 0 Å². The van der Waals surface area contributed by atoms with Gasteiger partial charge >= 0.3 is 0 Å². The first kappa shape index (κ1) is 16.4. The van der Waals surface area contributed by atoms with Crippen LogP contribution in [-0.2, 0) is 0 Å². The molecule has 1 aliphatic heterocycles. The number of rotatable bonds is 4. The van der Waals surface area contributed by atoms with Crippen molar-refractivity contribution in [3.63, 3.8) is 0 Å². The predicted molar refractivity (Wildman–Crippen MR) is 84.9 cm³/mol. The molecule has 0 spiro atoms. The molecule has 24 heavy (non-hydrogen) atoms. The van der Waals surface area contributed by atoms with Crippen molar-refractivity contribution in [1.82, 2.24) is 14.9 Å². The van der Waals surface area contributed by atoms with Gasteiger partial charge in [0.05, 0.1) is 24.2 Å². The lowest BCUT2D eigenvalue weighted by atomic mass is 10.2. The van der Waals surface area contributed by atoms with Crippen molar-refractivity contribution in [3.8, 4) is 11.8 Å². The molecule has 0 unspecified atom stereocenters. The number of methoxy groups -OCH3 is 1. The first-order valence-corrected chi connectivity index (χ1v) is 7.72. The maximum atomic E-state index is 13.1. The third-order valence-corrected chi connectivity index (χ3v) is 4.01. The molecule has 0 radical (unpaired) electrons. The maximum absolute atomic E-state index is 13.1. The Bertz CT molecular complexity index is 759. The highest BCUT2D eigenvalue weighted by molar-refractivity contribution is 6.33. The highest BCUT2D eigenvalue weighted by atomic mass is 35.5. The van der Waals surface area contributed by atoms with E-state index < -0.39 is 5.82 Å². The molecular weight excluding hydrogens is 337 g/mol. The third-order valence-electron chi connectivity index (χ3n) is 3.70. The van der Waals surface area contributed by atoms with Crippen LogP contribution in [0.15, 0.2) is 30.6 Å². The molecule has 2 aromatic rings. The molecule has 1 amide bonds. The van der Waals surface area contributed by atoms with Crippen molar-refractivity contribution in [3.05, 3.63) is 47.0 Å². The van der Waals surface area contributed by atoms with Crippen LogP contribution in [0, 0.1) is 5.82 Å². The van der Waals surface area contributed by atoms with Gasteiger partial charge in [-0.3, -0.25) is 4.79 Å². The molecule has 1 aliphatic rings. The fourth-order valence-electron chi connectivity index (χ4n) is 2.53. The van der Waals surface area contributed by atoms with Crippen molar-refractivity contribution in [2.45, 2.75) is 12.5 Å². The summed E-state index contributed by atoms with van der Waals surface area (Å²) in [5, 5.41) is 0.0972. The highest BCUT2D eigenvalue weighted by Gasteiger charge is 2.30. The van der Waals surface area contributed by atoms with Gasteiger partial charge in [0.25, 0.3) is 17.7 Å². The number of benzene rings is 1. The number of carbonyl (C=O) groups is 1. The SMILES string of the molecule is COc1nccnc1O[C@H]1CCN(C(=O)c2ccc(F)cc2Cl)C1. The smallest absolute Gasteiger partial charge is 0.278 e. The Morgan fingerprint density at radius 3 is 2.79 bits per heavy atom. The first-order chi connectivity index (χ1) is 11.6. The van der Waals surface area contributed by atoms with Crippen LogP contribution in [-0.4, -0.2) is 47.1 Å². The van der Waals surface area contributed by atoms with Crippen LogP contribution in [0.2, 0.25) is 5.02 Å². The number of amides is 1. The van der Waals surface area contributed by atoms with Crippen LogP contribution < -0.4 is 9.47 Å². The molecule has 8 heteroatoms.